The molecule has 0 bridgehead atoms. The lowest BCUT2D eigenvalue weighted by molar-refractivity contribution is -0.121. The Morgan fingerprint density at radius 2 is 2.30 bits per heavy atom. The molecule has 2 heterocycles. The van der Waals surface area contributed by atoms with Crippen LogP contribution in [0.1, 0.15) is 12.2 Å². The Kier molecular flexibility index (Phi) is 5.11. The van der Waals surface area contributed by atoms with Gasteiger partial charge in [0.25, 0.3) is 5.56 Å². The molecule has 0 aliphatic carbocycles. The Bertz CT molecular complexity index is 622. The van der Waals surface area contributed by atoms with Crippen molar-refractivity contribution in [2.45, 2.75) is 19.4 Å². The zero-order valence-corrected chi connectivity index (χ0v) is 12.4. The summed E-state index contributed by atoms with van der Waals surface area (Å²) in [6, 6.07) is 3.08. The third kappa shape index (κ3) is 4.34. The number of pyridine rings is 1. The van der Waals surface area contributed by atoms with Gasteiger partial charge in [0.15, 0.2) is 0 Å². The molecule has 0 aliphatic heterocycles. The van der Waals surface area contributed by atoms with Crippen molar-refractivity contribution in [3.05, 3.63) is 51.4 Å². The molecule has 0 atom stereocenters. The number of aromatic amines is 1. The zero-order valence-electron chi connectivity index (χ0n) is 10.8. The monoisotopic (exact) mass is 338 g/mol. The molecule has 0 aliphatic rings. The topological polar surface area (TPSA) is 79.8 Å². The Hall–Kier alpha value is -1.89. The summed E-state index contributed by atoms with van der Waals surface area (Å²) in [5, 5.41) is 2.78. The molecule has 2 N–H and O–H groups in total. The van der Waals surface area contributed by atoms with Gasteiger partial charge in [0.05, 0.1) is 0 Å². The van der Waals surface area contributed by atoms with Crippen molar-refractivity contribution >= 4 is 21.8 Å². The van der Waals surface area contributed by atoms with Crippen LogP contribution in [0.25, 0.3) is 0 Å². The van der Waals surface area contributed by atoms with Gasteiger partial charge in [-0.25, -0.2) is 4.98 Å². The minimum atomic E-state index is -0.195. The van der Waals surface area contributed by atoms with Crippen molar-refractivity contribution in [2.24, 2.45) is 0 Å². The van der Waals surface area contributed by atoms with Gasteiger partial charge >= 0.3 is 0 Å². The summed E-state index contributed by atoms with van der Waals surface area (Å²) < 4.78 is 2.13. The van der Waals surface area contributed by atoms with Crippen LogP contribution in [-0.2, 0) is 17.8 Å². The van der Waals surface area contributed by atoms with Crippen LogP contribution in [0, 0.1) is 0 Å². The molecule has 2 aromatic heterocycles. The highest BCUT2D eigenvalue weighted by atomic mass is 79.9. The number of halogens is 1. The summed E-state index contributed by atoms with van der Waals surface area (Å²) in [5.74, 6) is 0.729. The Morgan fingerprint density at radius 3 is 3.05 bits per heavy atom. The highest BCUT2D eigenvalue weighted by Crippen LogP contribution is 2.04. The molecular formula is C13H15BrN4O2. The van der Waals surface area contributed by atoms with Crippen molar-refractivity contribution in [2.75, 3.05) is 6.54 Å². The smallest absolute Gasteiger partial charge is 0.251 e. The van der Waals surface area contributed by atoms with Crippen molar-refractivity contribution in [3.8, 4) is 0 Å². The normalized spacial score (nSPS) is 10.4. The van der Waals surface area contributed by atoms with E-state index in [1.165, 1.54) is 10.6 Å². The van der Waals surface area contributed by atoms with Gasteiger partial charge in [-0.2, -0.15) is 0 Å². The molecule has 106 valence electrons. The van der Waals surface area contributed by atoms with Gasteiger partial charge in [-0.15, -0.1) is 0 Å². The maximum absolute atomic E-state index is 11.7. The number of amides is 1. The quantitative estimate of drug-likeness (QED) is 0.773. The molecule has 7 heteroatoms. The van der Waals surface area contributed by atoms with Crippen LogP contribution in [0.3, 0.4) is 0 Å². The fourth-order valence-corrected chi connectivity index (χ4v) is 2.13. The first kappa shape index (κ1) is 14.5. The number of hydrogen-bond donors (Lipinski definition) is 2. The van der Waals surface area contributed by atoms with Crippen LogP contribution in [0.5, 0.6) is 0 Å². The van der Waals surface area contributed by atoms with Crippen LogP contribution in [0.4, 0.5) is 0 Å². The Labute approximate surface area is 124 Å². The molecule has 2 rings (SSSR count). The maximum Gasteiger partial charge on any atom is 0.251 e. The van der Waals surface area contributed by atoms with E-state index in [2.05, 4.69) is 31.2 Å². The molecule has 2 aromatic rings. The number of carbonyl (C=O) groups excluding carboxylic acids is 1. The van der Waals surface area contributed by atoms with Gasteiger partial charge in [0.1, 0.15) is 12.4 Å². The lowest BCUT2D eigenvalue weighted by Crippen LogP contribution is -2.32. The molecule has 6 nitrogen and oxygen atoms in total. The van der Waals surface area contributed by atoms with Gasteiger partial charge in [0, 0.05) is 42.1 Å². The molecule has 0 fully saturated rings. The molecule has 1 amide bonds. The van der Waals surface area contributed by atoms with E-state index in [0.717, 1.165) is 23.1 Å². The Balaban J connectivity index is 1.75. The van der Waals surface area contributed by atoms with Crippen LogP contribution < -0.4 is 10.9 Å². The van der Waals surface area contributed by atoms with Gasteiger partial charge in [-0.1, -0.05) is 0 Å². The third-order valence-electron chi connectivity index (χ3n) is 2.73. The van der Waals surface area contributed by atoms with Gasteiger partial charge in [0.2, 0.25) is 5.91 Å². The molecule has 0 spiro atoms. The molecule has 0 saturated heterocycles. The molecule has 0 saturated carbocycles. The first-order valence-electron chi connectivity index (χ1n) is 6.26. The summed E-state index contributed by atoms with van der Waals surface area (Å²) in [5.41, 5.74) is -0.195. The van der Waals surface area contributed by atoms with Crippen LogP contribution in [0.2, 0.25) is 0 Å². The second-order valence-electron chi connectivity index (χ2n) is 4.30. The van der Waals surface area contributed by atoms with E-state index in [4.69, 9.17) is 0 Å². The van der Waals surface area contributed by atoms with Gasteiger partial charge in [-0.05, 0) is 28.4 Å². The van der Waals surface area contributed by atoms with Crippen LogP contribution in [-0.4, -0.2) is 27.0 Å². The summed E-state index contributed by atoms with van der Waals surface area (Å²) >= 11 is 3.27. The molecule has 0 radical (unpaired) electrons. The molecule has 20 heavy (non-hydrogen) atoms. The summed E-state index contributed by atoms with van der Waals surface area (Å²) in [6.07, 6.45) is 6.66. The van der Waals surface area contributed by atoms with E-state index in [0.29, 0.717) is 6.54 Å². The number of rotatable bonds is 6. The minimum Gasteiger partial charge on any atom is -0.355 e. The van der Waals surface area contributed by atoms with Crippen molar-refractivity contribution in [1.29, 1.82) is 0 Å². The largest absolute Gasteiger partial charge is 0.355 e. The Morgan fingerprint density at radius 1 is 1.45 bits per heavy atom. The fraction of sp³-hybridized carbons (Fsp3) is 0.308. The number of imidazole rings is 1. The molecule has 0 aromatic carbocycles. The number of nitrogens with one attached hydrogen (secondary N) is 2. The highest BCUT2D eigenvalue weighted by Gasteiger charge is 2.04. The molecule has 0 unspecified atom stereocenters. The van der Waals surface area contributed by atoms with Crippen LogP contribution in [0.15, 0.2) is 40.0 Å². The van der Waals surface area contributed by atoms with E-state index in [9.17, 15) is 9.59 Å². The third-order valence-corrected chi connectivity index (χ3v) is 3.20. The van der Waals surface area contributed by atoms with Gasteiger partial charge in [-0.3, -0.25) is 9.59 Å². The lowest BCUT2D eigenvalue weighted by Gasteiger charge is -2.07. The highest BCUT2D eigenvalue weighted by molar-refractivity contribution is 9.10. The van der Waals surface area contributed by atoms with Crippen molar-refractivity contribution < 1.29 is 4.79 Å². The number of aryl methyl sites for hydroxylation is 1. The summed E-state index contributed by atoms with van der Waals surface area (Å²) in [7, 11) is 0. The minimum absolute atomic E-state index is 0.0268. The van der Waals surface area contributed by atoms with Gasteiger partial charge < -0.3 is 14.9 Å². The maximum atomic E-state index is 11.7. The number of H-pyrrole nitrogens is 1. The summed E-state index contributed by atoms with van der Waals surface area (Å²) in [4.78, 5) is 30.4. The average Bonchev–Trinajstić information content (AvgIpc) is 2.92. The second-order valence-corrected chi connectivity index (χ2v) is 5.22. The van der Waals surface area contributed by atoms with E-state index < -0.39 is 0 Å². The lowest BCUT2D eigenvalue weighted by atomic mass is 10.3. The zero-order chi connectivity index (χ0) is 14.4. The standard InChI is InChI=1S/C13H15BrN4O2/c14-10-3-4-13(20)18(8-10)9-12(19)17-5-1-2-11-15-6-7-16-11/h3-4,6-8H,1-2,5,9H2,(H,15,16)(H,17,19). The number of nitrogens with zero attached hydrogens (tertiary/aromatic N) is 2. The first-order valence-corrected chi connectivity index (χ1v) is 7.05. The number of carbonyl (C=O) groups is 1. The SMILES string of the molecule is O=C(Cn1cc(Br)ccc1=O)NCCCc1ncc[nH]1. The van der Waals surface area contributed by atoms with E-state index in [1.54, 1.807) is 24.7 Å². The number of aromatic nitrogens is 3. The summed E-state index contributed by atoms with van der Waals surface area (Å²) in [6.45, 7) is 0.585. The fourth-order valence-electron chi connectivity index (χ4n) is 1.75. The van der Waals surface area contributed by atoms with Crippen LogP contribution >= 0.6 is 15.9 Å². The molecular weight excluding hydrogens is 324 g/mol. The van der Waals surface area contributed by atoms with Crippen molar-refractivity contribution in [3.63, 3.8) is 0 Å². The predicted octanol–water partition coefficient (Wildman–Crippen LogP) is 1.08. The number of hydrogen-bond acceptors (Lipinski definition) is 3. The predicted molar refractivity (Wildman–Crippen MR) is 78.3 cm³/mol. The first-order chi connectivity index (χ1) is 9.65. The van der Waals surface area contributed by atoms with E-state index >= 15 is 0 Å². The average molecular weight is 339 g/mol. The van der Waals surface area contributed by atoms with E-state index in [-0.39, 0.29) is 18.0 Å². The van der Waals surface area contributed by atoms with Crippen molar-refractivity contribution in [1.82, 2.24) is 19.9 Å². The van der Waals surface area contributed by atoms with E-state index in [1.807, 2.05) is 0 Å². The second kappa shape index (κ2) is 7.04.